The monoisotopic (exact) mass is 527 g/mol. The third-order valence-corrected chi connectivity index (χ3v) is 7.77. The summed E-state index contributed by atoms with van der Waals surface area (Å²) < 4.78 is 6.04. The van der Waals surface area contributed by atoms with Gasteiger partial charge in [0.05, 0.1) is 11.2 Å². The van der Waals surface area contributed by atoms with E-state index in [-0.39, 0.29) is 6.42 Å². The van der Waals surface area contributed by atoms with E-state index in [9.17, 15) is 10.2 Å². The van der Waals surface area contributed by atoms with Gasteiger partial charge < -0.3 is 19.9 Å². The van der Waals surface area contributed by atoms with Crippen LogP contribution in [-0.4, -0.2) is 40.9 Å². The molecule has 4 aromatic carbocycles. The molecule has 5 aromatic rings. The van der Waals surface area contributed by atoms with E-state index in [1.807, 2.05) is 91.0 Å². The molecule has 6 rings (SSSR count). The molecule has 198 valence electrons. The molecule has 40 heavy (non-hydrogen) atoms. The summed E-state index contributed by atoms with van der Waals surface area (Å²) in [6.45, 7) is 4.87. The number of hydrogen-bond acceptors (Lipinski definition) is 6. The molecule has 0 saturated carbocycles. The number of para-hydroxylation sites is 1. The number of amidine groups is 2. The molecule has 7 heteroatoms. The van der Waals surface area contributed by atoms with Gasteiger partial charge in [-0.3, -0.25) is 0 Å². The maximum atomic E-state index is 11.1. The van der Waals surface area contributed by atoms with Crippen LogP contribution in [0.1, 0.15) is 49.2 Å². The molecule has 0 fully saturated rings. The van der Waals surface area contributed by atoms with Crippen molar-refractivity contribution < 1.29 is 14.6 Å². The van der Waals surface area contributed by atoms with Crippen LogP contribution < -0.4 is 10.8 Å². The second-order valence-electron chi connectivity index (χ2n) is 11.1. The van der Waals surface area contributed by atoms with E-state index in [2.05, 4.69) is 5.32 Å². The van der Waals surface area contributed by atoms with Crippen molar-refractivity contribution in [3.8, 4) is 0 Å². The summed E-state index contributed by atoms with van der Waals surface area (Å²) in [6.07, 6.45) is -0.281. The lowest BCUT2D eigenvalue weighted by Crippen LogP contribution is -2.49. The Morgan fingerprint density at radius 1 is 0.775 bits per heavy atom. The first-order valence-electron chi connectivity index (χ1n) is 13.3. The maximum Gasteiger partial charge on any atom is 0.169 e. The van der Waals surface area contributed by atoms with Gasteiger partial charge in [-0.1, -0.05) is 78.3 Å². The lowest BCUT2D eigenvalue weighted by molar-refractivity contribution is -0.118. The molecule has 1 aliphatic rings. The van der Waals surface area contributed by atoms with Gasteiger partial charge in [-0.15, -0.1) is 0 Å². The Morgan fingerprint density at radius 2 is 1.43 bits per heavy atom. The van der Waals surface area contributed by atoms with Gasteiger partial charge in [0.15, 0.2) is 6.17 Å². The predicted molar refractivity (Wildman–Crippen MR) is 162 cm³/mol. The summed E-state index contributed by atoms with van der Waals surface area (Å²) in [5.74, 6) is 1.20. The number of hydrogen-bond donors (Lipinski definition) is 3. The maximum absolute atomic E-state index is 11.1. The van der Waals surface area contributed by atoms with Crippen LogP contribution in [0.5, 0.6) is 0 Å². The van der Waals surface area contributed by atoms with Crippen LogP contribution in [0.2, 0.25) is 0 Å². The number of benzene rings is 4. The lowest BCUT2D eigenvalue weighted by atomic mass is 9.81. The van der Waals surface area contributed by atoms with Crippen LogP contribution in [-0.2, 0) is 6.42 Å². The fraction of sp³-hybridized carbons (Fsp3) is 0.212. The second kappa shape index (κ2) is 9.77. The summed E-state index contributed by atoms with van der Waals surface area (Å²) in [7, 11) is 6.59. The average Bonchev–Trinajstić information content (AvgIpc) is 3.29. The Kier molecular flexibility index (Phi) is 6.36. The van der Waals surface area contributed by atoms with E-state index < -0.39 is 17.4 Å². The highest BCUT2D eigenvalue weighted by Crippen LogP contribution is 2.31. The first-order valence-corrected chi connectivity index (χ1v) is 13.3. The van der Waals surface area contributed by atoms with Crippen molar-refractivity contribution in [3.05, 3.63) is 113 Å². The molecule has 0 aliphatic carbocycles. The lowest BCUT2D eigenvalue weighted by Gasteiger charge is -2.36. The molecule has 2 radical (unpaired) electrons. The third-order valence-electron chi connectivity index (χ3n) is 7.77. The molecule has 3 N–H and O–H groups in total. The topological polar surface area (TPSA) is 90.4 Å². The van der Waals surface area contributed by atoms with E-state index in [1.54, 1.807) is 20.8 Å². The molecule has 1 aliphatic heterocycles. The molecular formula is C33H30BN3O3. The number of aliphatic hydroxyl groups is 2. The Morgan fingerprint density at radius 3 is 2.17 bits per heavy atom. The summed E-state index contributed by atoms with van der Waals surface area (Å²) in [5, 5.41) is 27.2. The van der Waals surface area contributed by atoms with Crippen molar-refractivity contribution >= 4 is 46.9 Å². The summed E-state index contributed by atoms with van der Waals surface area (Å²) >= 11 is 0. The molecule has 0 bridgehead atoms. The van der Waals surface area contributed by atoms with Crippen molar-refractivity contribution in [3.63, 3.8) is 0 Å². The van der Waals surface area contributed by atoms with Gasteiger partial charge in [0.2, 0.25) is 0 Å². The van der Waals surface area contributed by atoms with Crippen LogP contribution in [0.15, 0.2) is 105 Å². The SMILES string of the molecule is [B]c1cc2oc3ccccc3c2cc1C1=NC(c2ccccc2)N=C(c2ccccc2CC(C)(O)C(C)(C)O)N1. The molecule has 6 nitrogen and oxygen atoms in total. The van der Waals surface area contributed by atoms with E-state index in [0.717, 1.165) is 38.6 Å². The zero-order chi connectivity index (χ0) is 28.1. The number of nitrogens with one attached hydrogen (secondary N) is 1. The minimum absolute atomic E-state index is 0.227. The molecule has 2 unspecified atom stereocenters. The van der Waals surface area contributed by atoms with Gasteiger partial charge in [-0.05, 0) is 50.1 Å². The van der Waals surface area contributed by atoms with Crippen molar-refractivity contribution in [1.29, 1.82) is 0 Å². The van der Waals surface area contributed by atoms with Crippen LogP contribution in [0, 0.1) is 0 Å². The predicted octanol–water partition coefficient (Wildman–Crippen LogP) is 4.94. The van der Waals surface area contributed by atoms with Crippen LogP contribution in [0.25, 0.3) is 21.9 Å². The van der Waals surface area contributed by atoms with Crippen molar-refractivity contribution in [2.75, 3.05) is 0 Å². The molecular weight excluding hydrogens is 497 g/mol. The third kappa shape index (κ3) is 4.72. The minimum Gasteiger partial charge on any atom is -0.456 e. The van der Waals surface area contributed by atoms with Crippen molar-refractivity contribution in [1.82, 2.24) is 5.32 Å². The molecule has 2 atom stereocenters. The number of nitrogens with zero attached hydrogens (tertiary/aromatic N) is 2. The number of rotatable bonds is 6. The van der Waals surface area contributed by atoms with Crippen molar-refractivity contribution in [2.24, 2.45) is 9.98 Å². The summed E-state index contributed by atoms with van der Waals surface area (Å²) in [6, 6.07) is 29.4. The van der Waals surface area contributed by atoms with Crippen LogP contribution in [0.4, 0.5) is 0 Å². The van der Waals surface area contributed by atoms with E-state index >= 15 is 0 Å². The van der Waals surface area contributed by atoms with Gasteiger partial charge >= 0.3 is 0 Å². The number of furan rings is 1. The van der Waals surface area contributed by atoms with E-state index in [0.29, 0.717) is 22.7 Å². The van der Waals surface area contributed by atoms with Gasteiger partial charge in [-0.25, -0.2) is 9.98 Å². The van der Waals surface area contributed by atoms with Gasteiger partial charge in [0.1, 0.15) is 30.7 Å². The fourth-order valence-electron chi connectivity index (χ4n) is 4.98. The average molecular weight is 527 g/mol. The highest BCUT2D eigenvalue weighted by Gasteiger charge is 2.38. The Balaban J connectivity index is 1.48. The number of aliphatic imine (C=N–C) groups is 2. The van der Waals surface area contributed by atoms with E-state index in [4.69, 9.17) is 22.2 Å². The zero-order valence-electron chi connectivity index (χ0n) is 22.7. The Labute approximate surface area is 234 Å². The van der Waals surface area contributed by atoms with E-state index in [1.165, 1.54) is 0 Å². The number of fused-ring (bicyclic) bond motifs is 3. The Bertz CT molecular complexity index is 1780. The van der Waals surface area contributed by atoms with Crippen molar-refractivity contribution in [2.45, 2.75) is 44.6 Å². The molecule has 2 heterocycles. The molecule has 0 spiro atoms. The largest absolute Gasteiger partial charge is 0.456 e. The summed E-state index contributed by atoms with van der Waals surface area (Å²) in [5.41, 5.74) is 2.71. The normalized spacial score (nSPS) is 17.3. The van der Waals surface area contributed by atoms with Crippen LogP contribution >= 0.6 is 0 Å². The molecule has 1 aromatic heterocycles. The van der Waals surface area contributed by atoms with Gasteiger partial charge in [-0.2, -0.15) is 0 Å². The first-order chi connectivity index (χ1) is 19.1. The standard InChI is InChI=1S/C33H30BN3O3/c1-32(2,38)33(3,39)19-21-13-7-8-14-22(21)30-35-29(20-11-5-4-6-12-20)36-31(37-30)25-17-24-23-15-9-10-16-27(23)40-28(24)18-26(25)34/h4-18,29,38-39H,19H2,1-3H3,(H,35,36,37). The van der Waals surface area contributed by atoms with Gasteiger partial charge in [0, 0.05) is 28.3 Å². The highest BCUT2D eigenvalue weighted by molar-refractivity contribution is 6.39. The van der Waals surface area contributed by atoms with Gasteiger partial charge in [0.25, 0.3) is 0 Å². The highest BCUT2D eigenvalue weighted by atomic mass is 16.4. The molecule has 0 amide bonds. The fourth-order valence-corrected chi connectivity index (χ4v) is 4.98. The summed E-state index contributed by atoms with van der Waals surface area (Å²) in [4.78, 5) is 9.99. The smallest absolute Gasteiger partial charge is 0.169 e. The first kappa shape index (κ1) is 26.0. The zero-order valence-corrected chi connectivity index (χ0v) is 22.7. The quantitative estimate of drug-likeness (QED) is 0.273. The molecule has 0 saturated heterocycles. The van der Waals surface area contributed by atoms with Crippen LogP contribution in [0.3, 0.4) is 0 Å². The Hall–Kier alpha value is -4.20. The minimum atomic E-state index is -1.37. The second-order valence-corrected chi connectivity index (χ2v) is 11.1.